The molecule has 2 aliphatic rings. The number of carbonyl (C=O) groups is 1. The van der Waals surface area contributed by atoms with Crippen molar-refractivity contribution in [1.29, 1.82) is 0 Å². The molecule has 0 radical (unpaired) electrons. The second-order valence-electron chi connectivity index (χ2n) is 7.21. The Balaban J connectivity index is 0.00000182. The molecule has 2 aromatic rings. The molecule has 2 aromatic heterocycles. The molecule has 3 unspecified atom stereocenters. The van der Waals surface area contributed by atoms with Gasteiger partial charge in [-0.1, -0.05) is 0 Å². The van der Waals surface area contributed by atoms with Crippen molar-refractivity contribution in [3.8, 4) is 11.3 Å². The average molecular weight is 365 g/mol. The highest BCUT2D eigenvalue weighted by atomic mass is 35.5. The van der Waals surface area contributed by atoms with Crippen molar-refractivity contribution in [2.24, 2.45) is 24.6 Å². The number of fused-ring (bicyclic) bond motifs is 1. The molecule has 25 heavy (non-hydrogen) atoms. The van der Waals surface area contributed by atoms with Gasteiger partial charge in [-0.15, -0.1) is 12.4 Å². The molecule has 1 saturated carbocycles. The Labute approximate surface area is 153 Å². The number of nitrogens with zero attached hydrogens (tertiary/aromatic N) is 4. The molecule has 0 aromatic carbocycles. The number of likely N-dealkylation sites (tertiary alicyclic amines) is 1. The zero-order valence-electron chi connectivity index (χ0n) is 14.8. The van der Waals surface area contributed by atoms with Crippen LogP contribution in [0.5, 0.6) is 0 Å². The first-order chi connectivity index (χ1) is 11.5. The van der Waals surface area contributed by atoms with Crippen LogP contribution in [-0.2, 0) is 7.05 Å². The zero-order valence-corrected chi connectivity index (χ0v) is 15.6. The van der Waals surface area contributed by atoms with Gasteiger partial charge >= 0.3 is 0 Å². The Morgan fingerprint density at radius 1 is 1.32 bits per heavy atom. The molecule has 1 aliphatic heterocycles. The fraction of sp³-hybridized carbons (Fsp3) is 0.588. The van der Waals surface area contributed by atoms with Gasteiger partial charge in [0.15, 0.2) is 0 Å². The van der Waals surface area contributed by atoms with E-state index < -0.39 is 0 Å². The van der Waals surface area contributed by atoms with Crippen molar-refractivity contribution in [3.63, 3.8) is 0 Å². The van der Waals surface area contributed by atoms with Crippen molar-refractivity contribution in [3.05, 3.63) is 23.1 Å². The molecule has 0 spiro atoms. The second kappa shape index (κ2) is 6.46. The molecule has 8 heteroatoms. The van der Waals surface area contributed by atoms with E-state index in [0.29, 0.717) is 17.5 Å². The first-order valence-electron chi connectivity index (χ1n) is 8.56. The number of aromatic nitrogens is 4. The van der Waals surface area contributed by atoms with Gasteiger partial charge in [-0.2, -0.15) is 10.2 Å². The first kappa shape index (κ1) is 17.9. The van der Waals surface area contributed by atoms with Crippen molar-refractivity contribution < 1.29 is 4.79 Å². The number of amides is 1. The van der Waals surface area contributed by atoms with E-state index in [0.717, 1.165) is 48.6 Å². The summed E-state index contributed by atoms with van der Waals surface area (Å²) in [5, 5.41) is 11.7. The number of H-pyrrole nitrogens is 1. The van der Waals surface area contributed by atoms with E-state index in [1.807, 2.05) is 36.5 Å². The minimum Gasteiger partial charge on any atom is -0.337 e. The molecule has 1 saturated heterocycles. The summed E-state index contributed by atoms with van der Waals surface area (Å²) in [5.74, 6) is 1.04. The van der Waals surface area contributed by atoms with E-state index in [1.54, 1.807) is 0 Å². The maximum atomic E-state index is 12.8. The summed E-state index contributed by atoms with van der Waals surface area (Å²) in [7, 11) is 1.91. The molecule has 4 rings (SSSR count). The smallest absolute Gasteiger partial charge is 0.271 e. The molecule has 2 fully saturated rings. The average Bonchev–Trinajstić information content (AvgIpc) is 3.27. The van der Waals surface area contributed by atoms with E-state index >= 15 is 0 Å². The number of rotatable bonds is 2. The Bertz CT molecular complexity index is 797. The summed E-state index contributed by atoms with van der Waals surface area (Å²) in [4.78, 5) is 14.7. The molecular formula is C17H25ClN6O. The minimum atomic E-state index is 0. The number of carbonyl (C=O) groups excluding carboxylic acids is 1. The van der Waals surface area contributed by atoms with Crippen LogP contribution >= 0.6 is 12.4 Å². The van der Waals surface area contributed by atoms with Gasteiger partial charge in [-0.3, -0.25) is 14.6 Å². The van der Waals surface area contributed by atoms with Crippen molar-refractivity contribution >= 4 is 18.3 Å². The number of nitrogens with two attached hydrogens (primary N) is 1. The Hall–Kier alpha value is -1.86. The van der Waals surface area contributed by atoms with Gasteiger partial charge in [0, 0.05) is 37.4 Å². The van der Waals surface area contributed by atoms with Crippen LogP contribution < -0.4 is 5.73 Å². The van der Waals surface area contributed by atoms with E-state index in [-0.39, 0.29) is 24.4 Å². The van der Waals surface area contributed by atoms with Crippen LogP contribution in [0.1, 0.15) is 34.7 Å². The van der Waals surface area contributed by atoms with Crippen LogP contribution in [0.3, 0.4) is 0 Å². The molecule has 0 bridgehead atoms. The van der Waals surface area contributed by atoms with Gasteiger partial charge in [0.1, 0.15) is 5.69 Å². The van der Waals surface area contributed by atoms with Crippen LogP contribution in [-0.4, -0.2) is 49.9 Å². The summed E-state index contributed by atoms with van der Waals surface area (Å²) in [6.07, 6.45) is 2.23. The summed E-state index contributed by atoms with van der Waals surface area (Å²) in [5.41, 5.74) is 10.4. The third-order valence-electron chi connectivity index (χ3n) is 5.77. The van der Waals surface area contributed by atoms with E-state index in [4.69, 9.17) is 5.73 Å². The van der Waals surface area contributed by atoms with Crippen molar-refractivity contribution in [2.75, 3.05) is 13.1 Å². The largest absolute Gasteiger partial charge is 0.337 e. The van der Waals surface area contributed by atoms with Gasteiger partial charge in [0.25, 0.3) is 5.91 Å². The van der Waals surface area contributed by atoms with Gasteiger partial charge in [0.05, 0.1) is 11.4 Å². The maximum absolute atomic E-state index is 12.8. The monoisotopic (exact) mass is 364 g/mol. The molecule has 3 N–H and O–H groups in total. The van der Waals surface area contributed by atoms with Crippen LogP contribution in [0.2, 0.25) is 0 Å². The standard InChI is InChI=1S/C17H24N6O.ClH/c1-9-16(10(2)22(3)21-9)14-6-15(20-19-14)17(24)23-7-11-4-5-13(18)12(11)8-23;/h6,11-13H,4-5,7-8,18H2,1-3H3,(H,19,20);1H. The van der Waals surface area contributed by atoms with Crippen LogP contribution in [0.4, 0.5) is 0 Å². The zero-order chi connectivity index (χ0) is 17.0. The number of hydrogen-bond acceptors (Lipinski definition) is 4. The number of nitrogens with one attached hydrogen (secondary N) is 1. The highest BCUT2D eigenvalue weighted by molar-refractivity contribution is 5.93. The molecular weight excluding hydrogens is 340 g/mol. The SMILES string of the molecule is Cc1nn(C)c(C)c1-c1cc(C(=O)N2CC3CCC(N)C3C2)[nH]n1.Cl. The van der Waals surface area contributed by atoms with E-state index in [9.17, 15) is 4.79 Å². The molecule has 3 atom stereocenters. The summed E-state index contributed by atoms with van der Waals surface area (Å²) >= 11 is 0. The van der Waals surface area contributed by atoms with E-state index in [2.05, 4.69) is 15.3 Å². The topological polar surface area (TPSA) is 92.8 Å². The van der Waals surface area contributed by atoms with Crippen LogP contribution in [0.15, 0.2) is 6.07 Å². The Morgan fingerprint density at radius 3 is 2.72 bits per heavy atom. The molecule has 1 aliphatic carbocycles. The second-order valence-corrected chi connectivity index (χ2v) is 7.21. The summed E-state index contributed by atoms with van der Waals surface area (Å²) in [6.45, 7) is 5.55. The number of aromatic amines is 1. The first-order valence-corrected chi connectivity index (χ1v) is 8.56. The van der Waals surface area contributed by atoms with Crippen molar-refractivity contribution in [1.82, 2.24) is 24.9 Å². The normalized spacial score (nSPS) is 25.1. The van der Waals surface area contributed by atoms with Crippen LogP contribution in [0.25, 0.3) is 11.3 Å². The van der Waals surface area contributed by atoms with E-state index in [1.165, 1.54) is 0 Å². The number of halogens is 1. The number of hydrogen-bond donors (Lipinski definition) is 2. The molecule has 7 nitrogen and oxygen atoms in total. The fourth-order valence-electron chi connectivity index (χ4n) is 4.35. The Morgan fingerprint density at radius 2 is 2.08 bits per heavy atom. The third kappa shape index (κ3) is 2.85. The third-order valence-corrected chi connectivity index (χ3v) is 5.77. The summed E-state index contributed by atoms with van der Waals surface area (Å²) in [6, 6.07) is 2.08. The summed E-state index contributed by atoms with van der Waals surface area (Å²) < 4.78 is 1.84. The molecule has 3 heterocycles. The van der Waals surface area contributed by atoms with Gasteiger partial charge in [-0.25, -0.2) is 0 Å². The predicted molar refractivity (Wildman–Crippen MR) is 97.6 cm³/mol. The molecule has 1 amide bonds. The Kier molecular flexibility index (Phi) is 4.64. The lowest BCUT2D eigenvalue weighted by Crippen LogP contribution is -2.33. The lowest BCUT2D eigenvalue weighted by molar-refractivity contribution is 0.0773. The number of aryl methyl sites for hydroxylation is 2. The fourth-order valence-corrected chi connectivity index (χ4v) is 4.35. The maximum Gasteiger partial charge on any atom is 0.271 e. The molecule has 136 valence electrons. The lowest BCUT2D eigenvalue weighted by atomic mass is 9.98. The highest BCUT2D eigenvalue weighted by Gasteiger charge is 2.42. The van der Waals surface area contributed by atoms with Crippen molar-refractivity contribution in [2.45, 2.75) is 32.7 Å². The quantitative estimate of drug-likeness (QED) is 0.847. The van der Waals surface area contributed by atoms with Gasteiger partial charge < -0.3 is 10.6 Å². The van der Waals surface area contributed by atoms with Gasteiger partial charge in [0.2, 0.25) is 0 Å². The van der Waals surface area contributed by atoms with Crippen LogP contribution in [0, 0.1) is 25.7 Å². The predicted octanol–water partition coefficient (Wildman–Crippen LogP) is 1.66. The van der Waals surface area contributed by atoms with Gasteiger partial charge in [-0.05, 0) is 44.6 Å². The highest BCUT2D eigenvalue weighted by Crippen LogP contribution is 2.37. The minimum absolute atomic E-state index is 0. The lowest BCUT2D eigenvalue weighted by Gasteiger charge is -2.17.